The SMILES string of the molecule is CN=C1SC(CC(=O)Nc2c(C)cccc2C)C(=O)N1N=Cc1ccc(OC(F)F)c(OC)c1. The molecule has 0 aliphatic carbocycles. The molecule has 34 heavy (non-hydrogen) atoms. The minimum absolute atomic E-state index is 0.0458. The molecule has 2 aromatic rings. The van der Waals surface area contributed by atoms with Crippen LogP contribution in [0.1, 0.15) is 23.1 Å². The molecule has 1 heterocycles. The van der Waals surface area contributed by atoms with E-state index in [1.54, 1.807) is 0 Å². The highest BCUT2D eigenvalue weighted by molar-refractivity contribution is 8.15. The molecular weight excluding hydrogens is 466 g/mol. The Labute approximate surface area is 200 Å². The Bertz CT molecular complexity index is 1120. The molecule has 3 rings (SSSR count). The maximum atomic E-state index is 12.9. The lowest BCUT2D eigenvalue weighted by Gasteiger charge is -2.13. The number of alkyl halides is 2. The summed E-state index contributed by atoms with van der Waals surface area (Å²) < 4.78 is 34.5. The quantitative estimate of drug-likeness (QED) is 0.560. The summed E-state index contributed by atoms with van der Waals surface area (Å²) in [5.74, 6) is -0.697. The molecule has 0 aromatic heterocycles. The van der Waals surface area contributed by atoms with Crippen LogP contribution >= 0.6 is 11.8 Å². The Morgan fingerprint density at radius 1 is 1.24 bits per heavy atom. The van der Waals surface area contributed by atoms with Gasteiger partial charge in [0.25, 0.3) is 5.91 Å². The number of hydrazone groups is 1. The van der Waals surface area contributed by atoms with E-state index in [1.165, 1.54) is 38.6 Å². The number of nitrogens with zero attached hydrogens (tertiary/aromatic N) is 3. The zero-order chi connectivity index (χ0) is 24.8. The van der Waals surface area contributed by atoms with Gasteiger partial charge in [-0.25, -0.2) is 0 Å². The van der Waals surface area contributed by atoms with E-state index in [9.17, 15) is 18.4 Å². The predicted molar refractivity (Wildman–Crippen MR) is 128 cm³/mol. The van der Waals surface area contributed by atoms with Crippen molar-refractivity contribution < 1.29 is 27.8 Å². The number of amidine groups is 1. The number of aryl methyl sites for hydroxylation is 2. The van der Waals surface area contributed by atoms with E-state index in [1.807, 2.05) is 32.0 Å². The second-order valence-electron chi connectivity index (χ2n) is 7.32. The average Bonchev–Trinajstić information content (AvgIpc) is 3.09. The molecule has 2 amide bonds. The van der Waals surface area contributed by atoms with E-state index < -0.39 is 11.9 Å². The summed E-state index contributed by atoms with van der Waals surface area (Å²) in [5.41, 5.74) is 3.08. The van der Waals surface area contributed by atoms with E-state index in [-0.39, 0.29) is 29.7 Å². The standard InChI is InChI=1S/C23H24F2N4O4S/c1-13-6-5-7-14(2)20(13)28-19(30)11-18-21(31)29(23(26-3)34-18)27-12-15-8-9-16(33-22(24)25)17(10-15)32-4/h5-10,12,18,22H,11H2,1-4H3,(H,28,30). The fourth-order valence-corrected chi connectivity index (χ4v) is 4.33. The van der Waals surface area contributed by atoms with Crippen LogP contribution in [0.4, 0.5) is 14.5 Å². The van der Waals surface area contributed by atoms with Crippen LogP contribution in [-0.4, -0.2) is 54.2 Å². The zero-order valence-corrected chi connectivity index (χ0v) is 19.9. The molecule has 1 fully saturated rings. The van der Waals surface area contributed by atoms with Gasteiger partial charge < -0.3 is 14.8 Å². The third-order valence-corrected chi connectivity index (χ3v) is 6.17. The summed E-state index contributed by atoms with van der Waals surface area (Å²) in [4.78, 5) is 29.6. The van der Waals surface area contributed by atoms with Gasteiger partial charge in [-0.2, -0.15) is 18.9 Å². The summed E-state index contributed by atoms with van der Waals surface area (Å²) in [6.07, 6.45) is 1.33. The van der Waals surface area contributed by atoms with Crippen LogP contribution in [0.15, 0.2) is 46.5 Å². The van der Waals surface area contributed by atoms with Crippen LogP contribution in [0, 0.1) is 13.8 Å². The van der Waals surface area contributed by atoms with Gasteiger partial charge in [-0.3, -0.25) is 14.6 Å². The molecule has 0 bridgehead atoms. The van der Waals surface area contributed by atoms with Gasteiger partial charge in [0.2, 0.25) is 5.91 Å². The molecule has 11 heteroatoms. The monoisotopic (exact) mass is 490 g/mol. The van der Waals surface area contributed by atoms with E-state index in [4.69, 9.17) is 4.74 Å². The number of aliphatic imine (C=N–C) groups is 1. The third kappa shape index (κ3) is 5.90. The lowest BCUT2D eigenvalue weighted by molar-refractivity contribution is -0.128. The van der Waals surface area contributed by atoms with Crippen molar-refractivity contribution in [3.05, 3.63) is 53.1 Å². The number of thioether (sulfide) groups is 1. The number of para-hydroxylation sites is 1. The topological polar surface area (TPSA) is 92.6 Å². The first-order chi connectivity index (χ1) is 16.2. The van der Waals surface area contributed by atoms with E-state index in [2.05, 4.69) is 20.1 Å². The number of methoxy groups -OCH3 is 1. The smallest absolute Gasteiger partial charge is 0.387 e. The first kappa shape index (κ1) is 25.2. The number of rotatable bonds is 8. The first-order valence-corrected chi connectivity index (χ1v) is 11.1. The molecule has 2 aromatic carbocycles. The van der Waals surface area contributed by atoms with E-state index in [0.717, 1.165) is 33.6 Å². The van der Waals surface area contributed by atoms with Gasteiger partial charge in [-0.05, 0) is 48.7 Å². The number of hydrogen-bond acceptors (Lipinski definition) is 7. The lowest BCUT2D eigenvalue weighted by Crippen LogP contribution is -2.30. The molecule has 1 atom stereocenters. The lowest BCUT2D eigenvalue weighted by atomic mass is 10.1. The van der Waals surface area contributed by atoms with E-state index >= 15 is 0 Å². The van der Waals surface area contributed by atoms with Crippen molar-refractivity contribution in [1.29, 1.82) is 0 Å². The van der Waals surface area contributed by atoms with Gasteiger partial charge in [0.1, 0.15) is 5.25 Å². The first-order valence-electron chi connectivity index (χ1n) is 10.2. The average molecular weight is 491 g/mol. The number of halogens is 2. The van der Waals surface area contributed by atoms with Crippen molar-refractivity contribution in [1.82, 2.24) is 5.01 Å². The number of amides is 2. The van der Waals surface area contributed by atoms with Crippen molar-refractivity contribution in [2.75, 3.05) is 19.5 Å². The van der Waals surface area contributed by atoms with E-state index in [0.29, 0.717) is 10.7 Å². The van der Waals surface area contributed by atoms with Gasteiger partial charge in [-0.1, -0.05) is 30.0 Å². The van der Waals surface area contributed by atoms with Gasteiger partial charge >= 0.3 is 6.61 Å². The molecule has 8 nitrogen and oxygen atoms in total. The Balaban J connectivity index is 1.71. The van der Waals surface area contributed by atoms with Crippen molar-refractivity contribution >= 4 is 40.6 Å². The summed E-state index contributed by atoms with van der Waals surface area (Å²) in [5, 5.41) is 7.86. The van der Waals surface area contributed by atoms with Crippen LogP contribution in [0.25, 0.3) is 0 Å². The summed E-state index contributed by atoms with van der Waals surface area (Å²) in [6, 6.07) is 9.98. The van der Waals surface area contributed by atoms with Crippen LogP contribution < -0.4 is 14.8 Å². The summed E-state index contributed by atoms with van der Waals surface area (Å²) >= 11 is 1.15. The van der Waals surface area contributed by atoms with Crippen LogP contribution in [0.2, 0.25) is 0 Å². The summed E-state index contributed by atoms with van der Waals surface area (Å²) in [7, 11) is 2.85. The molecule has 1 aliphatic rings. The maximum absolute atomic E-state index is 12.9. The van der Waals surface area contributed by atoms with Crippen molar-refractivity contribution in [2.45, 2.75) is 32.1 Å². The van der Waals surface area contributed by atoms with Gasteiger partial charge in [0.05, 0.1) is 13.3 Å². The van der Waals surface area contributed by atoms with Crippen LogP contribution in [0.3, 0.4) is 0 Å². The number of ether oxygens (including phenoxy) is 2. The molecule has 1 saturated heterocycles. The number of carbonyl (C=O) groups excluding carboxylic acids is 2. The molecule has 0 saturated carbocycles. The molecule has 1 aliphatic heterocycles. The third-order valence-electron chi connectivity index (χ3n) is 4.95. The van der Waals surface area contributed by atoms with Gasteiger partial charge in [0, 0.05) is 19.2 Å². The second kappa shape index (κ2) is 11.1. The fourth-order valence-electron chi connectivity index (χ4n) is 3.29. The fraction of sp³-hybridized carbons (Fsp3) is 0.304. The van der Waals surface area contributed by atoms with Gasteiger partial charge in [0.15, 0.2) is 16.7 Å². The minimum Gasteiger partial charge on any atom is -0.493 e. The van der Waals surface area contributed by atoms with Crippen molar-refractivity contribution in [3.63, 3.8) is 0 Å². The van der Waals surface area contributed by atoms with Crippen molar-refractivity contribution in [3.8, 4) is 11.5 Å². The van der Waals surface area contributed by atoms with Crippen LogP contribution in [-0.2, 0) is 9.59 Å². The largest absolute Gasteiger partial charge is 0.493 e. The molecule has 1 N–H and O–H groups in total. The molecule has 0 spiro atoms. The Hall–Kier alpha value is -3.47. The molecular formula is C23H24F2N4O4S. The Morgan fingerprint density at radius 2 is 1.94 bits per heavy atom. The normalized spacial score (nSPS) is 17.1. The molecule has 180 valence electrons. The highest BCUT2D eigenvalue weighted by atomic mass is 32.2. The maximum Gasteiger partial charge on any atom is 0.387 e. The predicted octanol–water partition coefficient (Wildman–Crippen LogP) is 4.21. The molecule has 0 radical (unpaired) electrons. The number of anilines is 1. The minimum atomic E-state index is -2.99. The number of nitrogens with one attached hydrogen (secondary N) is 1. The second-order valence-corrected chi connectivity index (χ2v) is 8.49. The van der Waals surface area contributed by atoms with Crippen LogP contribution in [0.5, 0.6) is 11.5 Å². The number of benzene rings is 2. The highest BCUT2D eigenvalue weighted by Gasteiger charge is 2.39. The number of carbonyl (C=O) groups is 2. The van der Waals surface area contributed by atoms with Gasteiger partial charge in [-0.15, -0.1) is 0 Å². The number of hydrogen-bond donors (Lipinski definition) is 1. The molecule has 1 unspecified atom stereocenters. The zero-order valence-electron chi connectivity index (χ0n) is 19.0. The van der Waals surface area contributed by atoms with Crippen molar-refractivity contribution in [2.24, 2.45) is 10.1 Å². The Morgan fingerprint density at radius 3 is 2.56 bits per heavy atom. The highest BCUT2D eigenvalue weighted by Crippen LogP contribution is 2.32. The summed E-state index contributed by atoms with van der Waals surface area (Å²) in [6.45, 7) is 0.814. The Kier molecular flexibility index (Phi) is 8.21.